The largest absolute Gasteiger partial charge is 0.372 e. The van der Waals surface area contributed by atoms with Gasteiger partial charge in [0.05, 0.1) is 0 Å². The van der Waals surface area contributed by atoms with Gasteiger partial charge in [-0.2, -0.15) is 0 Å². The molecule has 1 aromatic heterocycles. The predicted molar refractivity (Wildman–Crippen MR) is 83.7 cm³/mol. The van der Waals surface area contributed by atoms with Crippen molar-refractivity contribution in [3.8, 4) is 0 Å². The van der Waals surface area contributed by atoms with Crippen molar-refractivity contribution >= 4 is 27.6 Å². The van der Waals surface area contributed by atoms with Gasteiger partial charge < -0.3 is 10.2 Å². The molecule has 5 heteroatoms. The second-order valence-electron chi connectivity index (χ2n) is 5.18. The van der Waals surface area contributed by atoms with E-state index in [2.05, 4.69) is 43.0 Å². The van der Waals surface area contributed by atoms with Gasteiger partial charge in [-0.05, 0) is 41.1 Å². The first-order valence-electron chi connectivity index (χ1n) is 7.19. The highest BCUT2D eigenvalue weighted by Crippen LogP contribution is 2.32. The van der Waals surface area contributed by atoms with Crippen molar-refractivity contribution in [1.82, 2.24) is 9.97 Å². The molecule has 1 N–H and O–H groups in total. The van der Waals surface area contributed by atoms with Gasteiger partial charge in [0.25, 0.3) is 0 Å². The standard InChI is InChI=1S/C14H23BrN4/c1-3-5-11-6-4-8-19(9-7-11)14-12(15)13(16-2)17-10-18-14/h10-11H,3-9H2,1-2H3,(H,16,17,18). The van der Waals surface area contributed by atoms with Crippen molar-refractivity contribution in [2.45, 2.75) is 39.0 Å². The van der Waals surface area contributed by atoms with Gasteiger partial charge in [0.1, 0.15) is 22.4 Å². The van der Waals surface area contributed by atoms with E-state index < -0.39 is 0 Å². The summed E-state index contributed by atoms with van der Waals surface area (Å²) in [6.07, 6.45) is 8.19. The fraction of sp³-hybridized carbons (Fsp3) is 0.714. The average molecular weight is 327 g/mol. The zero-order valence-electron chi connectivity index (χ0n) is 11.8. The molecule has 1 unspecified atom stereocenters. The fourth-order valence-corrected chi connectivity index (χ4v) is 3.48. The average Bonchev–Trinajstić information content (AvgIpc) is 2.65. The monoisotopic (exact) mass is 326 g/mol. The van der Waals surface area contributed by atoms with E-state index in [1.54, 1.807) is 6.33 Å². The molecule has 2 rings (SSSR count). The van der Waals surface area contributed by atoms with E-state index in [1.807, 2.05) is 7.05 Å². The number of anilines is 2. The Morgan fingerprint density at radius 1 is 1.37 bits per heavy atom. The molecule has 19 heavy (non-hydrogen) atoms. The highest BCUT2D eigenvalue weighted by Gasteiger charge is 2.20. The van der Waals surface area contributed by atoms with Crippen LogP contribution >= 0.6 is 15.9 Å². The molecule has 0 radical (unpaired) electrons. The first kappa shape index (κ1) is 14.6. The second-order valence-corrected chi connectivity index (χ2v) is 5.98. The molecule has 1 saturated heterocycles. The third-order valence-electron chi connectivity index (χ3n) is 3.85. The van der Waals surface area contributed by atoms with Gasteiger partial charge in [-0.25, -0.2) is 9.97 Å². The molecule has 1 aromatic rings. The summed E-state index contributed by atoms with van der Waals surface area (Å²) in [4.78, 5) is 11.1. The second kappa shape index (κ2) is 7.08. The molecule has 0 bridgehead atoms. The van der Waals surface area contributed by atoms with E-state index in [4.69, 9.17) is 0 Å². The van der Waals surface area contributed by atoms with Crippen LogP contribution in [0.2, 0.25) is 0 Å². The van der Waals surface area contributed by atoms with Crippen LogP contribution in [-0.2, 0) is 0 Å². The Kier molecular flexibility index (Phi) is 5.43. The molecular formula is C14H23BrN4. The van der Waals surface area contributed by atoms with E-state index in [9.17, 15) is 0 Å². The highest BCUT2D eigenvalue weighted by atomic mass is 79.9. The Morgan fingerprint density at radius 2 is 2.21 bits per heavy atom. The molecule has 0 aromatic carbocycles. The molecule has 106 valence electrons. The summed E-state index contributed by atoms with van der Waals surface area (Å²) in [5, 5.41) is 3.09. The number of rotatable bonds is 4. The minimum atomic E-state index is 0.861. The first-order valence-corrected chi connectivity index (χ1v) is 7.98. The molecule has 1 atom stereocenters. The van der Waals surface area contributed by atoms with Crippen LogP contribution in [0.3, 0.4) is 0 Å². The van der Waals surface area contributed by atoms with Crippen LogP contribution in [0.1, 0.15) is 39.0 Å². The van der Waals surface area contributed by atoms with Crippen LogP contribution in [0.5, 0.6) is 0 Å². The quantitative estimate of drug-likeness (QED) is 0.916. The van der Waals surface area contributed by atoms with Crippen LogP contribution in [0.4, 0.5) is 11.6 Å². The van der Waals surface area contributed by atoms with E-state index in [0.717, 1.165) is 35.1 Å². The maximum absolute atomic E-state index is 4.45. The Hall–Kier alpha value is -0.840. The zero-order valence-corrected chi connectivity index (χ0v) is 13.4. The molecule has 1 fully saturated rings. The summed E-state index contributed by atoms with van der Waals surface area (Å²) in [6.45, 7) is 4.48. The number of nitrogens with zero attached hydrogens (tertiary/aromatic N) is 3. The molecule has 2 heterocycles. The topological polar surface area (TPSA) is 41.1 Å². The minimum Gasteiger partial charge on any atom is -0.372 e. The molecule has 0 amide bonds. The molecule has 4 nitrogen and oxygen atoms in total. The third kappa shape index (κ3) is 3.59. The summed E-state index contributed by atoms with van der Waals surface area (Å²) in [5.41, 5.74) is 0. The lowest BCUT2D eigenvalue weighted by Crippen LogP contribution is -2.26. The van der Waals surface area contributed by atoms with Crippen LogP contribution < -0.4 is 10.2 Å². The van der Waals surface area contributed by atoms with Crippen molar-refractivity contribution in [2.75, 3.05) is 30.4 Å². The van der Waals surface area contributed by atoms with Crippen molar-refractivity contribution in [1.29, 1.82) is 0 Å². The van der Waals surface area contributed by atoms with Crippen molar-refractivity contribution in [3.63, 3.8) is 0 Å². The Morgan fingerprint density at radius 3 is 2.95 bits per heavy atom. The first-order chi connectivity index (χ1) is 9.26. The number of halogens is 1. The number of aromatic nitrogens is 2. The summed E-state index contributed by atoms with van der Waals surface area (Å²) in [5.74, 6) is 2.77. The van der Waals surface area contributed by atoms with Gasteiger partial charge >= 0.3 is 0 Å². The SMILES string of the molecule is CCCC1CCCN(c2ncnc(NC)c2Br)CC1. The number of hydrogen-bond acceptors (Lipinski definition) is 4. The van der Waals surface area contributed by atoms with E-state index in [-0.39, 0.29) is 0 Å². The maximum Gasteiger partial charge on any atom is 0.148 e. The van der Waals surface area contributed by atoms with Crippen molar-refractivity contribution in [3.05, 3.63) is 10.8 Å². The summed E-state index contributed by atoms with van der Waals surface area (Å²) >= 11 is 3.62. The van der Waals surface area contributed by atoms with Crippen LogP contribution in [0.25, 0.3) is 0 Å². The Bertz CT molecular complexity index is 410. The fourth-order valence-electron chi connectivity index (χ4n) is 2.83. The van der Waals surface area contributed by atoms with Crippen LogP contribution in [0.15, 0.2) is 10.8 Å². The lowest BCUT2D eigenvalue weighted by molar-refractivity contribution is 0.435. The summed E-state index contributed by atoms with van der Waals surface area (Å²) in [7, 11) is 1.89. The van der Waals surface area contributed by atoms with Gasteiger partial charge in [0.15, 0.2) is 0 Å². The molecule has 0 aliphatic carbocycles. The molecular weight excluding hydrogens is 304 g/mol. The van der Waals surface area contributed by atoms with E-state index in [0.29, 0.717) is 0 Å². The van der Waals surface area contributed by atoms with Crippen LogP contribution in [0, 0.1) is 5.92 Å². The molecule has 0 spiro atoms. The predicted octanol–water partition coefficient (Wildman–Crippen LogP) is 3.69. The lowest BCUT2D eigenvalue weighted by atomic mass is 9.96. The smallest absolute Gasteiger partial charge is 0.148 e. The van der Waals surface area contributed by atoms with E-state index >= 15 is 0 Å². The van der Waals surface area contributed by atoms with Gasteiger partial charge in [-0.3, -0.25) is 0 Å². The third-order valence-corrected chi connectivity index (χ3v) is 4.58. The minimum absolute atomic E-state index is 0.861. The van der Waals surface area contributed by atoms with Crippen molar-refractivity contribution < 1.29 is 0 Å². The lowest BCUT2D eigenvalue weighted by Gasteiger charge is -2.23. The van der Waals surface area contributed by atoms with Gasteiger partial charge in [0.2, 0.25) is 0 Å². The van der Waals surface area contributed by atoms with Gasteiger partial charge in [-0.1, -0.05) is 19.8 Å². The molecule has 1 aliphatic heterocycles. The van der Waals surface area contributed by atoms with E-state index in [1.165, 1.54) is 32.1 Å². The Balaban J connectivity index is 2.10. The Labute approximate surface area is 124 Å². The summed E-state index contributed by atoms with van der Waals surface area (Å²) in [6, 6.07) is 0. The summed E-state index contributed by atoms with van der Waals surface area (Å²) < 4.78 is 0.978. The maximum atomic E-state index is 4.45. The number of hydrogen-bond donors (Lipinski definition) is 1. The van der Waals surface area contributed by atoms with Crippen LogP contribution in [-0.4, -0.2) is 30.1 Å². The highest BCUT2D eigenvalue weighted by molar-refractivity contribution is 9.10. The molecule has 1 aliphatic rings. The van der Waals surface area contributed by atoms with Crippen molar-refractivity contribution in [2.24, 2.45) is 5.92 Å². The molecule has 0 saturated carbocycles. The van der Waals surface area contributed by atoms with Gasteiger partial charge in [-0.15, -0.1) is 0 Å². The number of nitrogens with one attached hydrogen (secondary N) is 1. The normalized spacial score (nSPS) is 20.2. The van der Waals surface area contributed by atoms with Gasteiger partial charge in [0, 0.05) is 20.1 Å². The zero-order chi connectivity index (χ0) is 13.7.